The van der Waals surface area contributed by atoms with Crippen molar-refractivity contribution in [3.8, 4) is 0 Å². The van der Waals surface area contributed by atoms with E-state index in [0.29, 0.717) is 17.2 Å². The molecule has 0 rings (SSSR count). The smallest absolute Gasteiger partial charge is 0.222 e. The van der Waals surface area contributed by atoms with Gasteiger partial charge in [0.1, 0.15) is 6.17 Å². The molecule has 0 aromatic rings. The first-order chi connectivity index (χ1) is 7.93. The van der Waals surface area contributed by atoms with E-state index >= 15 is 0 Å². The molecule has 102 valence electrons. The summed E-state index contributed by atoms with van der Waals surface area (Å²) in [5.41, 5.74) is 0. The van der Waals surface area contributed by atoms with Gasteiger partial charge in [-0.15, -0.1) is 0 Å². The quantitative estimate of drug-likeness (QED) is 0.284. The number of ether oxygens (including phenoxy) is 1. The van der Waals surface area contributed by atoms with Crippen molar-refractivity contribution < 1.29 is 13.9 Å². The molecule has 0 aromatic heterocycles. The van der Waals surface area contributed by atoms with Crippen molar-refractivity contribution in [2.45, 2.75) is 31.0 Å². The standard InChI is InChI=1S/C11H22FIN2O2/c1-8(2)11(16)15-6-10(12)7-17-5-4-14-9(3)13/h8-10,14H,4-7H2,1-3H3,(H,15,16). The second-order valence-electron chi connectivity index (χ2n) is 4.14. The summed E-state index contributed by atoms with van der Waals surface area (Å²) < 4.78 is 18.8. The van der Waals surface area contributed by atoms with Crippen LogP contribution in [-0.2, 0) is 9.53 Å². The van der Waals surface area contributed by atoms with Crippen LogP contribution >= 0.6 is 22.6 Å². The number of halogens is 2. The third-order valence-corrected chi connectivity index (χ3v) is 2.43. The van der Waals surface area contributed by atoms with Crippen molar-refractivity contribution >= 4 is 28.5 Å². The van der Waals surface area contributed by atoms with E-state index in [9.17, 15) is 9.18 Å². The molecule has 6 heteroatoms. The Morgan fingerprint density at radius 3 is 2.59 bits per heavy atom. The van der Waals surface area contributed by atoms with Crippen LogP contribution in [0.2, 0.25) is 0 Å². The average molecular weight is 360 g/mol. The molecule has 0 radical (unpaired) electrons. The lowest BCUT2D eigenvalue weighted by atomic mass is 10.2. The van der Waals surface area contributed by atoms with E-state index in [2.05, 4.69) is 33.2 Å². The van der Waals surface area contributed by atoms with Crippen LogP contribution in [0.3, 0.4) is 0 Å². The fraction of sp³-hybridized carbons (Fsp3) is 0.909. The second-order valence-corrected chi connectivity index (χ2v) is 6.01. The van der Waals surface area contributed by atoms with E-state index in [4.69, 9.17) is 4.74 Å². The Bertz CT molecular complexity index is 216. The molecule has 2 N–H and O–H groups in total. The number of amides is 1. The van der Waals surface area contributed by atoms with Crippen LogP contribution in [0.15, 0.2) is 0 Å². The summed E-state index contributed by atoms with van der Waals surface area (Å²) in [6.45, 7) is 6.80. The zero-order valence-electron chi connectivity index (χ0n) is 10.6. The van der Waals surface area contributed by atoms with Gasteiger partial charge in [-0.25, -0.2) is 4.39 Å². The largest absolute Gasteiger partial charge is 0.377 e. The molecular weight excluding hydrogens is 338 g/mol. The van der Waals surface area contributed by atoms with E-state index in [1.165, 1.54) is 0 Å². The zero-order valence-corrected chi connectivity index (χ0v) is 12.8. The number of rotatable bonds is 9. The van der Waals surface area contributed by atoms with Crippen molar-refractivity contribution in [2.75, 3.05) is 26.3 Å². The Hall–Kier alpha value is 0.0500. The maximum absolute atomic E-state index is 13.3. The first-order valence-electron chi connectivity index (χ1n) is 5.80. The summed E-state index contributed by atoms with van der Waals surface area (Å²) in [6.07, 6.45) is -1.14. The minimum atomic E-state index is -1.14. The molecular formula is C11H22FIN2O2. The molecule has 2 atom stereocenters. The fourth-order valence-electron chi connectivity index (χ4n) is 1.02. The van der Waals surface area contributed by atoms with Gasteiger partial charge >= 0.3 is 0 Å². The maximum atomic E-state index is 13.3. The molecule has 0 spiro atoms. The number of alkyl halides is 2. The highest BCUT2D eigenvalue weighted by molar-refractivity contribution is 14.1. The lowest BCUT2D eigenvalue weighted by molar-refractivity contribution is -0.124. The summed E-state index contributed by atoms with van der Waals surface area (Å²) in [5, 5.41) is 5.68. The molecule has 0 fully saturated rings. The summed E-state index contributed by atoms with van der Waals surface area (Å²) >= 11 is 2.25. The van der Waals surface area contributed by atoms with Gasteiger partial charge in [0.2, 0.25) is 5.91 Å². The average Bonchev–Trinajstić information content (AvgIpc) is 2.24. The monoisotopic (exact) mass is 360 g/mol. The fourth-order valence-corrected chi connectivity index (χ4v) is 1.33. The third kappa shape index (κ3) is 10.9. The SMILES string of the molecule is CC(I)NCCOCC(F)CNC(=O)C(C)C. The van der Waals surface area contributed by atoms with Crippen molar-refractivity contribution in [3.63, 3.8) is 0 Å². The molecule has 0 aromatic carbocycles. The molecule has 0 aliphatic heterocycles. The van der Waals surface area contributed by atoms with Gasteiger partial charge in [0.15, 0.2) is 0 Å². The number of hydrogen-bond donors (Lipinski definition) is 2. The van der Waals surface area contributed by atoms with Crippen LogP contribution in [-0.4, -0.2) is 42.4 Å². The molecule has 0 aliphatic rings. The molecule has 0 aliphatic carbocycles. The van der Waals surface area contributed by atoms with E-state index in [1.807, 2.05) is 6.92 Å². The molecule has 0 saturated carbocycles. The van der Waals surface area contributed by atoms with Crippen molar-refractivity contribution in [3.05, 3.63) is 0 Å². The van der Waals surface area contributed by atoms with E-state index in [0.717, 1.165) is 0 Å². The van der Waals surface area contributed by atoms with Crippen LogP contribution in [0.25, 0.3) is 0 Å². The molecule has 17 heavy (non-hydrogen) atoms. The zero-order chi connectivity index (χ0) is 13.3. The number of carbonyl (C=O) groups is 1. The van der Waals surface area contributed by atoms with Gasteiger partial charge in [0, 0.05) is 12.5 Å². The van der Waals surface area contributed by atoms with E-state index in [-0.39, 0.29) is 25.0 Å². The second kappa shape index (κ2) is 10.0. The molecule has 2 unspecified atom stereocenters. The van der Waals surface area contributed by atoms with Gasteiger partial charge in [-0.3, -0.25) is 4.79 Å². The molecule has 1 amide bonds. The van der Waals surface area contributed by atoms with Crippen LogP contribution in [0.4, 0.5) is 4.39 Å². The summed E-state index contributed by atoms with van der Waals surface area (Å²) in [6, 6.07) is 0. The van der Waals surface area contributed by atoms with Crippen molar-refractivity contribution in [1.82, 2.24) is 10.6 Å². The highest BCUT2D eigenvalue weighted by Gasteiger charge is 2.11. The lowest BCUT2D eigenvalue weighted by Gasteiger charge is -2.12. The Labute approximate surface area is 116 Å². The number of carbonyl (C=O) groups excluding carboxylic acids is 1. The third-order valence-electron chi connectivity index (χ3n) is 1.99. The highest BCUT2D eigenvalue weighted by atomic mass is 127. The normalized spacial score (nSPS) is 14.7. The van der Waals surface area contributed by atoms with Crippen molar-refractivity contribution in [1.29, 1.82) is 0 Å². The van der Waals surface area contributed by atoms with Gasteiger partial charge < -0.3 is 15.4 Å². The van der Waals surface area contributed by atoms with Gasteiger partial charge in [-0.2, -0.15) is 0 Å². The molecule has 0 saturated heterocycles. The van der Waals surface area contributed by atoms with Gasteiger partial charge in [0.25, 0.3) is 0 Å². The lowest BCUT2D eigenvalue weighted by Crippen LogP contribution is -2.35. The predicted octanol–water partition coefficient (Wildman–Crippen LogP) is 1.48. The highest BCUT2D eigenvalue weighted by Crippen LogP contribution is 1.95. The van der Waals surface area contributed by atoms with Crippen LogP contribution in [0.1, 0.15) is 20.8 Å². The summed E-state index contributed by atoms with van der Waals surface area (Å²) in [7, 11) is 0. The Kier molecular flexibility index (Phi) is 10.0. The molecule has 4 nitrogen and oxygen atoms in total. The maximum Gasteiger partial charge on any atom is 0.222 e. The Morgan fingerprint density at radius 2 is 2.06 bits per heavy atom. The molecule has 0 bridgehead atoms. The van der Waals surface area contributed by atoms with Crippen LogP contribution < -0.4 is 10.6 Å². The summed E-state index contributed by atoms with van der Waals surface area (Å²) in [4.78, 5) is 11.2. The summed E-state index contributed by atoms with van der Waals surface area (Å²) in [5.74, 6) is -0.245. The van der Waals surface area contributed by atoms with E-state index in [1.54, 1.807) is 13.8 Å². The van der Waals surface area contributed by atoms with Gasteiger partial charge in [-0.1, -0.05) is 36.4 Å². The molecule has 0 heterocycles. The van der Waals surface area contributed by atoms with Gasteiger partial charge in [0.05, 0.1) is 23.8 Å². The number of hydrogen-bond acceptors (Lipinski definition) is 3. The van der Waals surface area contributed by atoms with Crippen LogP contribution in [0, 0.1) is 5.92 Å². The van der Waals surface area contributed by atoms with E-state index < -0.39 is 6.17 Å². The minimum absolute atomic E-state index is 0.0210. The Morgan fingerprint density at radius 1 is 1.41 bits per heavy atom. The number of nitrogens with one attached hydrogen (secondary N) is 2. The predicted molar refractivity (Wildman–Crippen MR) is 75.0 cm³/mol. The topological polar surface area (TPSA) is 50.4 Å². The Balaban J connectivity index is 3.40. The minimum Gasteiger partial charge on any atom is -0.377 e. The van der Waals surface area contributed by atoms with Gasteiger partial charge in [-0.05, 0) is 6.92 Å². The van der Waals surface area contributed by atoms with Crippen LogP contribution in [0.5, 0.6) is 0 Å². The van der Waals surface area contributed by atoms with Crippen molar-refractivity contribution in [2.24, 2.45) is 5.92 Å². The first kappa shape index (κ1) is 17.1. The first-order valence-corrected chi connectivity index (χ1v) is 7.05.